The second kappa shape index (κ2) is 12.2. The molecule has 1 aromatic rings. The van der Waals surface area contributed by atoms with Crippen molar-refractivity contribution in [3.63, 3.8) is 0 Å². The van der Waals surface area contributed by atoms with Crippen LogP contribution in [0.4, 0.5) is 0 Å². The SMILES string of the molecule is CCNC(=NCC(O)COCC(C)C)N(C)Cc1ccc(SC)cc1. The minimum atomic E-state index is -0.582. The molecule has 0 bridgehead atoms. The number of benzene rings is 1. The first-order chi connectivity index (χ1) is 12.0. The van der Waals surface area contributed by atoms with E-state index >= 15 is 0 Å². The zero-order valence-electron chi connectivity index (χ0n) is 16.2. The van der Waals surface area contributed by atoms with E-state index in [1.165, 1.54) is 10.5 Å². The van der Waals surface area contributed by atoms with Crippen molar-refractivity contribution in [3.8, 4) is 0 Å². The van der Waals surface area contributed by atoms with Gasteiger partial charge in [-0.2, -0.15) is 0 Å². The molecular formula is C19H33N3O2S. The Morgan fingerprint density at radius 3 is 2.52 bits per heavy atom. The van der Waals surface area contributed by atoms with Crippen LogP contribution in [-0.2, 0) is 11.3 Å². The molecule has 25 heavy (non-hydrogen) atoms. The van der Waals surface area contributed by atoms with E-state index in [0.29, 0.717) is 25.7 Å². The van der Waals surface area contributed by atoms with Gasteiger partial charge in [0.2, 0.25) is 0 Å². The van der Waals surface area contributed by atoms with Gasteiger partial charge in [-0.3, -0.25) is 4.99 Å². The summed E-state index contributed by atoms with van der Waals surface area (Å²) in [4.78, 5) is 7.87. The molecule has 0 spiro atoms. The summed E-state index contributed by atoms with van der Waals surface area (Å²) in [7, 11) is 2.01. The van der Waals surface area contributed by atoms with Gasteiger partial charge in [-0.15, -0.1) is 11.8 Å². The van der Waals surface area contributed by atoms with E-state index in [1.54, 1.807) is 11.8 Å². The predicted octanol–water partition coefficient (Wildman–Crippen LogP) is 2.84. The number of guanidine groups is 1. The Morgan fingerprint density at radius 1 is 1.28 bits per heavy atom. The molecule has 1 atom stereocenters. The highest BCUT2D eigenvalue weighted by Gasteiger charge is 2.09. The normalized spacial score (nSPS) is 13.2. The molecule has 0 amide bonds. The van der Waals surface area contributed by atoms with Crippen LogP contribution in [0.5, 0.6) is 0 Å². The molecule has 0 aliphatic carbocycles. The average molecular weight is 368 g/mol. The van der Waals surface area contributed by atoms with Crippen LogP contribution < -0.4 is 5.32 Å². The zero-order chi connectivity index (χ0) is 18.7. The summed E-state index contributed by atoms with van der Waals surface area (Å²) in [6.07, 6.45) is 1.49. The monoisotopic (exact) mass is 367 g/mol. The van der Waals surface area contributed by atoms with E-state index in [9.17, 15) is 5.11 Å². The third-order valence-corrected chi connectivity index (χ3v) is 4.23. The van der Waals surface area contributed by atoms with Crippen LogP contribution in [0.15, 0.2) is 34.2 Å². The van der Waals surface area contributed by atoms with Crippen LogP contribution in [-0.4, -0.2) is 61.7 Å². The molecule has 0 aromatic heterocycles. The fourth-order valence-corrected chi connectivity index (χ4v) is 2.64. The number of ether oxygens (including phenoxy) is 1. The Hall–Kier alpha value is -1.24. The summed E-state index contributed by atoms with van der Waals surface area (Å²) in [5.41, 5.74) is 1.23. The van der Waals surface area contributed by atoms with Crippen molar-refractivity contribution in [3.05, 3.63) is 29.8 Å². The maximum atomic E-state index is 10.0. The molecule has 0 radical (unpaired) electrons. The molecule has 6 heteroatoms. The van der Waals surface area contributed by atoms with Gasteiger partial charge in [0.25, 0.3) is 0 Å². The van der Waals surface area contributed by atoms with Gasteiger partial charge in [0.1, 0.15) is 0 Å². The van der Waals surface area contributed by atoms with Crippen molar-refractivity contribution >= 4 is 17.7 Å². The molecule has 2 N–H and O–H groups in total. The average Bonchev–Trinajstić information content (AvgIpc) is 2.58. The molecule has 0 saturated heterocycles. The van der Waals surface area contributed by atoms with Gasteiger partial charge in [-0.1, -0.05) is 26.0 Å². The summed E-state index contributed by atoms with van der Waals surface area (Å²) < 4.78 is 5.47. The van der Waals surface area contributed by atoms with Crippen LogP contribution in [0.3, 0.4) is 0 Å². The van der Waals surface area contributed by atoms with Gasteiger partial charge in [0.05, 0.1) is 19.3 Å². The third-order valence-electron chi connectivity index (χ3n) is 3.49. The minimum Gasteiger partial charge on any atom is -0.389 e. The smallest absolute Gasteiger partial charge is 0.194 e. The predicted molar refractivity (Wildman–Crippen MR) is 107 cm³/mol. The molecule has 5 nitrogen and oxygen atoms in total. The summed E-state index contributed by atoms with van der Waals surface area (Å²) in [6, 6.07) is 8.54. The molecule has 142 valence electrons. The lowest BCUT2D eigenvalue weighted by Gasteiger charge is -2.23. The zero-order valence-corrected chi connectivity index (χ0v) is 17.0. The molecule has 1 unspecified atom stereocenters. The van der Waals surface area contributed by atoms with Gasteiger partial charge in [-0.25, -0.2) is 0 Å². The number of aliphatic hydroxyl groups excluding tert-OH is 1. The second-order valence-corrected chi connectivity index (χ2v) is 7.36. The summed E-state index contributed by atoms with van der Waals surface area (Å²) >= 11 is 1.74. The summed E-state index contributed by atoms with van der Waals surface area (Å²) in [5, 5.41) is 13.3. The number of nitrogens with one attached hydrogen (secondary N) is 1. The first-order valence-electron chi connectivity index (χ1n) is 8.84. The topological polar surface area (TPSA) is 57.1 Å². The van der Waals surface area contributed by atoms with Crippen LogP contribution in [0.2, 0.25) is 0 Å². The maximum absolute atomic E-state index is 10.0. The molecule has 1 rings (SSSR count). The molecule has 0 saturated carbocycles. The largest absolute Gasteiger partial charge is 0.389 e. The minimum absolute atomic E-state index is 0.320. The highest BCUT2D eigenvalue weighted by atomic mass is 32.2. The Kier molecular flexibility index (Phi) is 10.6. The van der Waals surface area contributed by atoms with Crippen molar-refractivity contribution in [2.45, 2.75) is 38.3 Å². The fourth-order valence-electron chi connectivity index (χ4n) is 2.23. The maximum Gasteiger partial charge on any atom is 0.194 e. The number of hydrogen-bond acceptors (Lipinski definition) is 4. The van der Waals surface area contributed by atoms with Crippen molar-refractivity contribution in [2.24, 2.45) is 10.9 Å². The lowest BCUT2D eigenvalue weighted by Crippen LogP contribution is -2.39. The number of thioether (sulfide) groups is 1. The molecule has 0 aliphatic heterocycles. The Morgan fingerprint density at radius 2 is 1.96 bits per heavy atom. The summed E-state index contributed by atoms with van der Waals surface area (Å²) in [6.45, 7) is 9.08. The van der Waals surface area contributed by atoms with Crippen molar-refractivity contribution in [2.75, 3.05) is 39.6 Å². The van der Waals surface area contributed by atoms with E-state index in [-0.39, 0.29) is 0 Å². The number of rotatable bonds is 10. The van der Waals surface area contributed by atoms with Crippen molar-refractivity contribution in [1.82, 2.24) is 10.2 Å². The summed E-state index contributed by atoms with van der Waals surface area (Å²) in [5.74, 6) is 1.26. The van der Waals surface area contributed by atoms with Crippen LogP contribution in [0.1, 0.15) is 26.3 Å². The van der Waals surface area contributed by atoms with Gasteiger partial charge < -0.3 is 20.1 Å². The van der Waals surface area contributed by atoms with Crippen LogP contribution >= 0.6 is 11.8 Å². The van der Waals surface area contributed by atoms with Gasteiger partial charge in [0.15, 0.2) is 5.96 Å². The molecule has 0 fully saturated rings. The highest BCUT2D eigenvalue weighted by Crippen LogP contribution is 2.15. The van der Waals surface area contributed by atoms with Crippen LogP contribution in [0.25, 0.3) is 0 Å². The van der Waals surface area contributed by atoms with Gasteiger partial charge in [0, 0.05) is 31.6 Å². The van der Waals surface area contributed by atoms with E-state index in [2.05, 4.69) is 59.6 Å². The molecule has 0 aliphatic rings. The molecular weight excluding hydrogens is 334 g/mol. The standard InChI is InChI=1S/C19H33N3O2S/c1-6-20-19(21-11-17(23)14-24-13-15(2)3)22(4)12-16-7-9-18(25-5)10-8-16/h7-10,15,17,23H,6,11-14H2,1-5H3,(H,20,21). The number of hydrogen-bond donors (Lipinski definition) is 2. The van der Waals surface area contributed by atoms with E-state index < -0.39 is 6.10 Å². The van der Waals surface area contributed by atoms with E-state index in [0.717, 1.165) is 19.0 Å². The first kappa shape index (κ1) is 21.8. The lowest BCUT2D eigenvalue weighted by molar-refractivity contribution is 0.0300. The second-order valence-electron chi connectivity index (χ2n) is 6.48. The van der Waals surface area contributed by atoms with E-state index in [4.69, 9.17) is 4.74 Å². The Bertz CT molecular complexity index is 506. The molecule has 1 aromatic carbocycles. The van der Waals surface area contributed by atoms with E-state index in [1.807, 2.05) is 14.0 Å². The van der Waals surface area contributed by atoms with Crippen molar-refractivity contribution in [1.29, 1.82) is 0 Å². The number of nitrogens with zero attached hydrogens (tertiary/aromatic N) is 2. The lowest BCUT2D eigenvalue weighted by atomic mass is 10.2. The number of aliphatic imine (C=N–C) groups is 1. The van der Waals surface area contributed by atoms with Gasteiger partial charge in [-0.05, 0) is 36.8 Å². The van der Waals surface area contributed by atoms with Crippen molar-refractivity contribution < 1.29 is 9.84 Å². The van der Waals surface area contributed by atoms with Gasteiger partial charge >= 0.3 is 0 Å². The quantitative estimate of drug-likeness (QED) is 0.378. The Balaban J connectivity index is 2.57. The Labute approximate surface area is 156 Å². The fraction of sp³-hybridized carbons (Fsp3) is 0.632. The highest BCUT2D eigenvalue weighted by molar-refractivity contribution is 7.98. The first-order valence-corrected chi connectivity index (χ1v) is 10.1. The molecule has 0 heterocycles. The van der Waals surface area contributed by atoms with Crippen LogP contribution in [0, 0.1) is 5.92 Å². The third kappa shape index (κ3) is 9.14. The number of aliphatic hydroxyl groups is 1.